The van der Waals surface area contributed by atoms with Crippen molar-refractivity contribution in [3.05, 3.63) is 47.8 Å². The lowest BCUT2D eigenvalue weighted by Gasteiger charge is -2.56. The Hall–Kier alpha value is -2.23. The molecule has 4 heteroatoms. The summed E-state index contributed by atoms with van der Waals surface area (Å²) in [6, 6.07) is 8.46. The van der Waals surface area contributed by atoms with Crippen LogP contribution < -0.4 is 0 Å². The van der Waals surface area contributed by atoms with Crippen LogP contribution in [0.1, 0.15) is 42.6 Å². The molecule has 1 aliphatic carbocycles. The van der Waals surface area contributed by atoms with Crippen molar-refractivity contribution in [3.63, 3.8) is 0 Å². The average molecular weight is 321 g/mol. The Morgan fingerprint density at radius 3 is 2.58 bits per heavy atom. The minimum absolute atomic E-state index is 0.128. The standard InChI is InChI=1S/C20H23N3O/c1-12-5-6-17(19-21-7-4-8-22-19)18(9-12)20(24)23-14(3)13(2)15-10-16(23)11-15/h4-9,13-16H,10-11H2,1-3H3. The number of carbonyl (C=O) groups is 1. The monoisotopic (exact) mass is 321 g/mol. The molecule has 0 spiro atoms. The second-order valence-corrected chi connectivity index (χ2v) is 7.32. The maximum absolute atomic E-state index is 13.4. The topological polar surface area (TPSA) is 46.1 Å². The van der Waals surface area contributed by atoms with Crippen molar-refractivity contribution >= 4 is 5.91 Å². The number of hydrogen-bond donors (Lipinski definition) is 0. The van der Waals surface area contributed by atoms with Gasteiger partial charge < -0.3 is 4.90 Å². The quantitative estimate of drug-likeness (QED) is 0.847. The molecule has 2 saturated heterocycles. The van der Waals surface area contributed by atoms with Crippen LogP contribution in [0.2, 0.25) is 0 Å². The first-order valence-corrected chi connectivity index (χ1v) is 8.77. The highest BCUT2D eigenvalue weighted by Gasteiger charge is 2.49. The third-order valence-corrected chi connectivity index (χ3v) is 5.93. The van der Waals surface area contributed by atoms with E-state index in [2.05, 4.69) is 28.7 Å². The summed E-state index contributed by atoms with van der Waals surface area (Å²) >= 11 is 0. The van der Waals surface area contributed by atoms with Gasteiger partial charge in [-0.15, -0.1) is 0 Å². The molecular formula is C20H23N3O. The van der Waals surface area contributed by atoms with Crippen LogP contribution in [0.15, 0.2) is 36.7 Å². The van der Waals surface area contributed by atoms with Crippen LogP contribution in [0.4, 0.5) is 0 Å². The molecule has 2 bridgehead atoms. The minimum atomic E-state index is 0.128. The summed E-state index contributed by atoms with van der Waals surface area (Å²) in [5.41, 5.74) is 2.64. The normalized spacial score (nSPS) is 28.4. The number of carbonyl (C=O) groups excluding carboxylic acids is 1. The third kappa shape index (κ3) is 2.32. The van der Waals surface area contributed by atoms with E-state index in [1.165, 1.54) is 0 Å². The lowest BCUT2D eigenvalue weighted by atomic mass is 9.65. The van der Waals surface area contributed by atoms with E-state index in [1.807, 2.05) is 25.1 Å². The minimum Gasteiger partial charge on any atom is -0.333 e. The fourth-order valence-corrected chi connectivity index (χ4v) is 4.22. The molecule has 1 amide bonds. The summed E-state index contributed by atoms with van der Waals surface area (Å²) in [7, 11) is 0. The zero-order valence-corrected chi connectivity index (χ0v) is 14.4. The number of aromatic nitrogens is 2. The first-order valence-electron chi connectivity index (χ1n) is 8.77. The smallest absolute Gasteiger partial charge is 0.255 e. The Labute approximate surface area is 142 Å². The van der Waals surface area contributed by atoms with Gasteiger partial charge in [-0.3, -0.25) is 4.79 Å². The van der Waals surface area contributed by atoms with E-state index in [0.29, 0.717) is 23.8 Å². The molecule has 1 saturated carbocycles. The van der Waals surface area contributed by atoms with Gasteiger partial charge >= 0.3 is 0 Å². The molecular weight excluding hydrogens is 298 g/mol. The molecule has 3 heterocycles. The van der Waals surface area contributed by atoms with E-state index in [9.17, 15) is 4.79 Å². The largest absolute Gasteiger partial charge is 0.333 e. The average Bonchev–Trinajstić information content (AvgIpc) is 2.56. The van der Waals surface area contributed by atoms with Crippen molar-refractivity contribution in [3.8, 4) is 11.4 Å². The summed E-state index contributed by atoms with van der Waals surface area (Å²) in [6.07, 6.45) is 5.75. The number of nitrogens with zero attached hydrogens (tertiary/aromatic N) is 3. The Bertz CT molecular complexity index is 768. The van der Waals surface area contributed by atoms with E-state index in [-0.39, 0.29) is 5.91 Å². The Kier molecular flexibility index (Phi) is 3.63. The highest BCUT2D eigenvalue weighted by molar-refractivity contribution is 6.00. The van der Waals surface area contributed by atoms with Crippen LogP contribution in [-0.4, -0.2) is 32.9 Å². The van der Waals surface area contributed by atoms with Crippen LogP contribution in [0.25, 0.3) is 11.4 Å². The van der Waals surface area contributed by atoms with Gasteiger partial charge in [-0.1, -0.05) is 24.6 Å². The molecule has 2 aliphatic heterocycles. The summed E-state index contributed by atoms with van der Waals surface area (Å²) in [6.45, 7) is 6.49. The highest BCUT2D eigenvalue weighted by Crippen LogP contribution is 2.47. The summed E-state index contributed by atoms with van der Waals surface area (Å²) in [5, 5.41) is 0. The number of fused-ring (bicyclic) bond motifs is 2. The third-order valence-electron chi connectivity index (χ3n) is 5.93. The fraction of sp³-hybridized carbons (Fsp3) is 0.450. The van der Waals surface area contributed by atoms with Gasteiger partial charge in [0.25, 0.3) is 5.91 Å². The highest BCUT2D eigenvalue weighted by atomic mass is 16.2. The molecule has 124 valence electrons. The molecule has 2 atom stereocenters. The molecule has 24 heavy (non-hydrogen) atoms. The van der Waals surface area contributed by atoms with Crippen molar-refractivity contribution in [1.29, 1.82) is 0 Å². The van der Waals surface area contributed by atoms with Gasteiger partial charge in [0.2, 0.25) is 0 Å². The van der Waals surface area contributed by atoms with Gasteiger partial charge in [0.15, 0.2) is 5.82 Å². The predicted molar refractivity (Wildman–Crippen MR) is 93.5 cm³/mol. The first-order chi connectivity index (χ1) is 11.6. The lowest BCUT2D eigenvalue weighted by Crippen LogP contribution is -2.61. The van der Waals surface area contributed by atoms with Gasteiger partial charge in [-0.2, -0.15) is 0 Å². The summed E-state index contributed by atoms with van der Waals surface area (Å²) < 4.78 is 0. The molecule has 4 nitrogen and oxygen atoms in total. The Morgan fingerprint density at radius 2 is 1.88 bits per heavy atom. The van der Waals surface area contributed by atoms with E-state index < -0.39 is 0 Å². The molecule has 1 aromatic carbocycles. The van der Waals surface area contributed by atoms with Crippen molar-refractivity contribution in [2.45, 2.75) is 45.7 Å². The van der Waals surface area contributed by atoms with Gasteiger partial charge in [-0.05, 0) is 50.7 Å². The maximum atomic E-state index is 13.4. The van der Waals surface area contributed by atoms with Gasteiger partial charge in [0, 0.05) is 30.0 Å². The molecule has 2 unspecified atom stereocenters. The molecule has 2 aromatic rings. The predicted octanol–water partition coefficient (Wildman–Crippen LogP) is 3.71. The Balaban J connectivity index is 1.76. The molecule has 3 fully saturated rings. The van der Waals surface area contributed by atoms with E-state index in [1.54, 1.807) is 18.5 Å². The van der Waals surface area contributed by atoms with Crippen molar-refractivity contribution in [1.82, 2.24) is 14.9 Å². The second-order valence-electron chi connectivity index (χ2n) is 7.32. The molecule has 3 aliphatic rings. The SMILES string of the molecule is Cc1ccc(-c2ncccn2)c(C(=O)N2C3CC(C3)C(C)C2C)c1. The molecule has 0 N–H and O–H groups in total. The van der Waals surface area contributed by atoms with Crippen LogP contribution in [0, 0.1) is 18.8 Å². The first kappa shape index (κ1) is 15.3. The number of hydrogen-bond acceptors (Lipinski definition) is 3. The van der Waals surface area contributed by atoms with Crippen LogP contribution in [0.3, 0.4) is 0 Å². The Morgan fingerprint density at radius 1 is 1.17 bits per heavy atom. The van der Waals surface area contributed by atoms with Crippen molar-refractivity contribution in [2.24, 2.45) is 11.8 Å². The maximum Gasteiger partial charge on any atom is 0.255 e. The molecule has 5 rings (SSSR count). The number of rotatable bonds is 2. The van der Waals surface area contributed by atoms with Crippen molar-refractivity contribution < 1.29 is 4.79 Å². The number of piperidine rings is 2. The zero-order chi connectivity index (χ0) is 16.8. The molecule has 0 radical (unpaired) electrons. The zero-order valence-electron chi connectivity index (χ0n) is 14.4. The van der Waals surface area contributed by atoms with Gasteiger partial charge in [0.05, 0.1) is 5.56 Å². The summed E-state index contributed by atoms with van der Waals surface area (Å²) in [4.78, 5) is 24.2. The van der Waals surface area contributed by atoms with E-state index in [0.717, 1.165) is 35.4 Å². The van der Waals surface area contributed by atoms with Gasteiger partial charge in [0.1, 0.15) is 0 Å². The lowest BCUT2D eigenvalue weighted by molar-refractivity contribution is -0.0483. The van der Waals surface area contributed by atoms with E-state index >= 15 is 0 Å². The number of aryl methyl sites for hydroxylation is 1. The molecule has 1 aromatic heterocycles. The fourth-order valence-electron chi connectivity index (χ4n) is 4.22. The van der Waals surface area contributed by atoms with Crippen molar-refractivity contribution in [2.75, 3.05) is 0 Å². The van der Waals surface area contributed by atoms with E-state index in [4.69, 9.17) is 0 Å². The van der Waals surface area contributed by atoms with Crippen LogP contribution in [0.5, 0.6) is 0 Å². The number of benzene rings is 1. The second kappa shape index (κ2) is 5.69. The van der Waals surface area contributed by atoms with Crippen LogP contribution >= 0.6 is 0 Å². The number of amides is 1. The summed E-state index contributed by atoms with van der Waals surface area (Å²) in [5.74, 6) is 2.11. The van der Waals surface area contributed by atoms with Crippen LogP contribution in [-0.2, 0) is 0 Å². The van der Waals surface area contributed by atoms with Gasteiger partial charge in [-0.25, -0.2) is 9.97 Å².